The highest BCUT2D eigenvalue weighted by Gasteiger charge is 2.12. The van der Waals surface area contributed by atoms with Gasteiger partial charge in [0.2, 0.25) is 0 Å². The largest absolute Gasteiger partial charge is 0.481 e. The molecule has 2 rings (SSSR count). The molecule has 0 radical (unpaired) electrons. The van der Waals surface area contributed by atoms with Crippen molar-refractivity contribution in [3.8, 4) is 5.75 Å². The van der Waals surface area contributed by atoms with E-state index in [1.165, 1.54) is 0 Å². The van der Waals surface area contributed by atoms with Crippen LogP contribution in [0.1, 0.15) is 10.4 Å². The maximum absolute atomic E-state index is 11.8. The third-order valence-corrected chi connectivity index (χ3v) is 3.80. The molecule has 0 saturated carbocycles. The van der Waals surface area contributed by atoms with Gasteiger partial charge in [0.05, 0.1) is 21.3 Å². The number of hydrogen-bond acceptors (Lipinski definition) is 5. The number of hydrogen-bond donors (Lipinski definition) is 1. The molecule has 0 unspecified atom stereocenters. The summed E-state index contributed by atoms with van der Waals surface area (Å²) < 4.78 is 10.0. The molecule has 0 heterocycles. The van der Waals surface area contributed by atoms with Gasteiger partial charge in [-0.2, -0.15) is 0 Å². The van der Waals surface area contributed by atoms with Crippen molar-refractivity contribution in [1.29, 1.82) is 0 Å². The number of rotatable bonds is 7. The lowest BCUT2D eigenvalue weighted by Gasteiger charge is -2.10. The normalized spacial score (nSPS) is 10.0. The fourth-order valence-corrected chi connectivity index (χ4v) is 2.17. The zero-order chi connectivity index (χ0) is 18.2. The number of carbonyl (C=O) groups excluding carboxylic acids is 3. The molecule has 2 aromatic rings. The Morgan fingerprint density at radius 3 is 2.56 bits per heavy atom. The van der Waals surface area contributed by atoms with Gasteiger partial charge >= 0.3 is 5.97 Å². The van der Waals surface area contributed by atoms with Crippen molar-refractivity contribution >= 4 is 47.1 Å². The van der Waals surface area contributed by atoms with Gasteiger partial charge in [-0.3, -0.25) is 9.59 Å². The summed E-state index contributed by atoms with van der Waals surface area (Å²) in [6.07, 6.45) is 0.614. The van der Waals surface area contributed by atoms with E-state index in [1.54, 1.807) is 42.5 Å². The first-order chi connectivity index (χ1) is 12.0. The van der Waals surface area contributed by atoms with E-state index in [4.69, 9.17) is 32.7 Å². The number of anilines is 1. The van der Waals surface area contributed by atoms with Gasteiger partial charge in [-0.15, -0.1) is 0 Å². The first-order valence-electron chi connectivity index (χ1n) is 7.07. The van der Waals surface area contributed by atoms with Gasteiger partial charge in [-0.05, 0) is 24.3 Å². The van der Waals surface area contributed by atoms with Crippen molar-refractivity contribution in [3.63, 3.8) is 0 Å². The number of esters is 1. The lowest BCUT2D eigenvalue weighted by molar-refractivity contribution is -0.149. The van der Waals surface area contributed by atoms with Gasteiger partial charge in [-0.1, -0.05) is 41.4 Å². The molecule has 1 amide bonds. The minimum atomic E-state index is -0.756. The standard InChI is InChI=1S/C17H13Cl2NO5/c18-12-5-3-6-13(17(12)19)20-15(22)9-25-16(23)10-24-14-7-2-1-4-11(14)8-21/h1-8H,9-10H2,(H,20,22). The SMILES string of the molecule is O=Cc1ccccc1OCC(=O)OCC(=O)Nc1cccc(Cl)c1Cl. The van der Waals surface area contributed by atoms with Gasteiger partial charge in [0.25, 0.3) is 5.91 Å². The first-order valence-corrected chi connectivity index (χ1v) is 7.83. The topological polar surface area (TPSA) is 81.7 Å². The summed E-state index contributed by atoms with van der Waals surface area (Å²) in [6.45, 7) is -0.948. The summed E-state index contributed by atoms with van der Waals surface area (Å²) in [5, 5.41) is 2.96. The second-order valence-electron chi connectivity index (χ2n) is 4.75. The Bertz CT molecular complexity index is 794. The Hall–Kier alpha value is -2.57. The number of amides is 1. The molecule has 2 aromatic carbocycles. The van der Waals surface area contributed by atoms with Crippen LogP contribution in [0, 0.1) is 0 Å². The Kier molecular flexibility index (Phi) is 6.80. The molecule has 8 heteroatoms. The Morgan fingerprint density at radius 1 is 1.04 bits per heavy atom. The Balaban J connectivity index is 1.80. The molecular formula is C17H13Cl2NO5. The van der Waals surface area contributed by atoms with E-state index in [2.05, 4.69) is 5.32 Å². The Labute approximate surface area is 153 Å². The Morgan fingerprint density at radius 2 is 1.80 bits per heavy atom. The minimum Gasteiger partial charge on any atom is -0.481 e. The van der Waals surface area contributed by atoms with Crippen LogP contribution in [0.5, 0.6) is 5.75 Å². The van der Waals surface area contributed by atoms with Gasteiger partial charge in [0.15, 0.2) is 19.5 Å². The molecule has 0 atom stereocenters. The zero-order valence-corrected chi connectivity index (χ0v) is 14.3. The number of para-hydroxylation sites is 1. The second-order valence-corrected chi connectivity index (χ2v) is 5.54. The molecule has 0 aliphatic heterocycles. The molecule has 0 aliphatic rings. The average molecular weight is 382 g/mol. The molecule has 0 bridgehead atoms. The summed E-state index contributed by atoms with van der Waals surface area (Å²) in [5.41, 5.74) is 0.620. The van der Waals surface area contributed by atoms with E-state index >= 15 is 0 Å². The van der Waals surface area contributed by atoms with Crippen LogP contribution in [0.25, 0.3) is 0 Å². The lowest BCUT2D eigenvalue weighted by Crippen LogP contribution is -2.24. The van der Waals surface area contributed by atoms with Gasteiger partial charge in [0.1, 0.15) is 5.75 Å². The molecule has 0 saturated heterocycles. The van der Waals surface area contributed by atoms with Gasteiger partial charge in [-0.25, -0.2) is 4.79 Å². The molecule has 0 fully saturated rings. The monoisotopic (exact) mass is 381 g/mol. The van der Waals surface area contributed by atoms with E-state index < -0.39 is 25.1 Å². The molecule has 25 heavy (non-hydrogen) atoms. The third-order valence-electron chi connectivity index (χ3n) is 2.98. The number of halogens is 2. The van der Waals surface area contributed by atoms with Crippen molar-refractivity contribution < 1.29 is 23.9 Å². The lowest BCUT2D eigenvalue weighted by atomic mass is 10.2. The molecular weight excluding hydrogens is 369 g/mol. The van der Waals surface area contributed by atoms with Crippen LogP contribution in [-0.4, -0.2) is 31.4 Å². The number of carbonyl (C=O) groups is 3. The first kappa shape index (κ1) is 18.8. The van der Waals surface area contributed by atoms with Gasteiger partial charge < -0.3 is 14.8 Å². The van der Waals surface area contributed by atoms with E-state index in [0.29, 0.717) is 22.6 Å². The summed E-state index contributed by atoms with van der Waals surface area (Å²) in [5.74, 6) is -1.08. The van der Waals surface area contributed by atoms with Crippen molar-refractivity contribution in [1.82, 2.24) is 0 Å². The van der Waals surface area contributed by atoms with E-state index in [0.717, 1.165) is 0 Å². The van der Waals surface area contributed by atoms with Crippen molar-refractivity contribution in [3.05, 3.63) is 58.1 Å². The number of benzene rings is 2. The average Bonchev–Trinajstić information content (AvgIpc) is 2.62. The van der Waals surface area contributed by atoms with E-state index in [-0.39, 0.29) is 10.8 Å². The predicted molar refractivity (Wildman–Crippen MR) is 93.4 cm³/mol. The highest BCUT2D eigenvalue weighted by atomic mass is 35.5. The second kappa shape index (κ2) is 9.05. The van der Waals surface area contributed by atoms with Crippen molar-refractivity contribution in [2.45, 2.75) is 0 Å². The molecule has 6 nitrogen and oxygen atoms in total. The maximum atomic E-state index is 11.8. The van der Waals surface area contributed by atoms with Gasteiger partial charge in [0, 0.05) is 0 Å². The number of nitrogens with one attached hydrogen (secondary N) is 1. The van der Waals surface area contributed by atoms with Crippen LogP contribution >= 0.6 is 23.2 Å². The molecule has 0 spiro atoms. The third kappa shape index (κ3) is 5.48. The van der Waals surface area contributed by atoms with Crippen LogP contribution in [0.4, 0.5) is 5.69 Å². The minimum absolute atomic E-state index is 0.192. The van der Waals surface area contributed by atoms with Crippen LogP contribution in [0.3, 0.4) is 0 Å². The molecule has 0 aliphatic carbocycles. The fourth-order valence-electron chi connectivity index (χ4n) is 1.82. The zero-order valence-electron chi connectivity index (χ0n) is 12.8. The maximum Gasteiger partial charge on any atom is 0.344 e. The summed E-state index contributed by atoms with van der Waals surface area (Å²) >= 11 is 11.8. The number of aldehydes is 1. The molecule has 1 N–H and O–H groups in total. The summed E-state index contributed by atoms with van der Waals surface area (Å²) in [7, 11) is 0. The van der Waals surface area contributed by atoms with Crippen molar-refractivity contribution in [2.24, 2.45) is 0 Å². The van der Waals surface area contributed by atoms with Crippen LogP contribution in [0.2, 0.25) is 10.0 Å². The smallest absolute Gasteiger partial charge is 0.344 e. The fraction of sp³-hybridized carbons (Fsp3) is 0.118. The van der Waals surface area contributed by atoms with Crippen LogP contribution in [-0.2, 0) is 14.3 Å². The van der Waals surface area contributed by atoms with Crippen molar-refractivity contribution in [2.75, 3.05) is 18.5 Å². The van der Waals surface area contributed by atoms with E-state index in [9.17, 15) is 14.4 Å². The summed E-state index contributed by atoms with van der Waals surface area (Å²) in [6, 6.07) is 11.2. The van der Waals surface area contributed by atoms with Crippen LogP contribution < -0.4 is 10.1 Å². The number of ether oxygens (including phenoxy) is 2. The highest BCUT2D eigenvalue weighted by Crippen LogP contribution is 2.29. The molecule has 130 valence electrons. The quantitative estimate of drug-likeness (QED) is 0.587. The summed E-state index contributed by atoms with van der Waals surface area (Å²) in [4.78, 5) is 34.3. The van der Waals surface area contributed by atoms with Crippen LogP contribution in [0.15, 0.2) is 42.5 Å². The van der Waals surface area contributed by atoms with E-state index in [1.807, 2.05) is 0 Å². The molecule has 0 aromatic heterocycles. The predicted octanol–water partition coefficient (Wildman–Crippen LogP) is 3.37. The highest BCUT2D eigenvalue weighted by molar-refractivity contribution is 6.44.